The second-order valence-corrected chi connectivity index (χ2v) is 9.19. The molecule has 2 aromatic rings. The zero-order valence-electron chi connectivity index (χ0n) is 15.7. The van der Waals surface area contributed by atoms with Gasteiger partial charge >= 0.3 is 0 Å². The second kappa shape index (κ2) is 6.65. The highest BCUT2D eigenvalue weighted by molar-refractivity contribution is 7.15. The summed E-state index contributed by atoms with van der Waals surface area (Å²) in [6.07, 6.45) is 0.401. The molecule has 5 heterocycles. The maximum atomic E-state index is 13.5. The largest absolute Gasteiger partial charge is 0.346 e. The Balaban J connectivity index is 1.44. The van der Waals surface area contributed by atoms with Crippen LogP contribution in [0.3, 0.4) is 0 Å². The summed E-state index contributed by atoms with van der Waals surface area (Å²) in [5.41, 5.74) is 0.905. The number of fused-ring (bicyclic) bond motifs is 4. The zero-order valence-corrected chi connectivity index (χ0v) is 16.5. The van der Waals surface area contributed by atoms with Gasteiger partial charge in [0.05, 0.1) is 6.54 Å². The fourth-order valence-corrected chi connectivity index (χ4v) is 5.46. The number of aryl methyl sites for hydroxylation is 1. The lowest BCUT2D eigenvalue weighted by atomic mass is 9.83. The van der Waals surface area contributed by atoms with Gasteiger partial charge in [0.15, 0.2) is 0 Å². The molecule has 0 radical (unpaired) electrons. The number of carbonyl (C=O) groups excluding carboxylic acids is 1. The Hall–Kier alpha value is -2.29. The topological polar surface area (TPSA) is 71.3 Å². The van der Waals surface area contributed by atoms with Crippen LogP contribution in [0.1, 0.15) is 39.8 Å². The molecule has 2 aromatic heterocycles. The van der Waals surface area contributed by atoms with E-state index in [9.17, 15) is 14.0 Å². The van der Waals surface area contributed by atoms with Gasteiger partial charge in [-0.3, -0.25) is 9.59 Å². The van der Waals surface area contributed by atoms with Crippen molar-refractivity contribution in [2.45, 2.75) is 38.4 Å². The standard InChI is InChI=1S/C19H22FN5O2S/c1-11-21-22-19(28-11)24-7-12-6-13(9-24)16-3-2-15(18(27)25(16)8-12)17(26)23-5-4-14(20)10-23/h2-3,12-14H,4-10H2,1H3/t12-,13+,14-/m0/s1. The van der Waals surface area contributed by atoms with Crippen LogP contribution in [0.25, 0.3) is 0 Å². The molecule has 1 amide bonds. The first-order chi connectivity index (χ1) is 13.5. The first-order valence-electron chi connectivity index (χ1n) is 9.71. The predicted molar refractivity (Wildman–Crippen MR) is 104 cm³/mol. The Kier molecular flexibility index (Phi) is 4.22. The highest BCUT2D eigenvalue weighted by Crippen LogP contribution is 2.37. The summed E-state index contributed by atoms with van der Waals surface area (Å²) in [6, 6.07) is 3.55. The Morgan fingerprint density at radius 3 is 2.79 bits per heavy atom. The fourth-order valence-electron chi connectivity index (χ4n) is 4.75. The fraction of sp³-hybridized carbons (Fsp3) is 0.579. The smallest absolute Gasteiger partial charge is 0.263 e. The first kappa shape index (κ1) is 17.8. The number of likely N-dealkylation sites (tertiary alicyclic amines) is 1. The van der Waals surface area contributed by atoms with Gasteiger partial charge in [0.1, 0.15) is 16.7 Å². The summed E-state index contributed by atoms with van der Waals surface area (Å²) in [5, 5.41) is 10.3. The molecule has 0 aliphatic carbocycles. The van der Waals surface area contributed by atoms with E-state index in [1.54, 1.807) is 22.0 Å². The van der Waals surface area contributed by atoms with E-state index in [4.69, 9.17) is 0 Å². The lowest BCUT2D eigenvalue weighted by Crippen LogP contribution is -2.48. The highest BCUT2D eigenvalue weighted by atomic mass is 32.1. The van der Waals surface area contributed by atoms with E-state index in [1.807, 2.05) is 13.0 Å². The molecule has 9 heteroatoms. The van der Waals surface area contributed by atoms with E-state index < -0.39 is 6.17 Å². The molecular formula is C19H22FN5O2S. The number of alkyl halides is 1. The number of hydrogen-bond acceptors (Lipinski definition) is 6. The van der Waals surface area contributed by atoms with E-state index in [-0.39, 0.29) is 29.5 Å². The molecule has 2 fully saturated rings. The third-order valence-electron chi connectivity index (χ3n) is 6.04. The van der Waals surface area contributed by atoms with Crippen molar-refractivity contribution in [2.24, 2.45) is 5.92 Å². The molecule has 0 unspecified atom stereocenters. The Morgan fingerprint density at radius 1 is 1.21 bits per heavy atom. The predicted octanol–water partition coefficient (Wildman–Crippen LogP) is 1.82. The zero-order chi connectivity index (χ0) is 19.4. The molecule has 28 heavy (non-hydrogen) atoms. The van der Waals surface area contributed by atoms with Crippen LogP contribution in [0.15, 0.2) is 16.9 Å². The maximum Gasteiger partial charge on any atom is 0.263 e. The summed E-state index contributed by atoms with van der Waals surface area (Å²) >= 11 is 1.59. The van der Waals surface area contributed by atoms with Crippen LogP contribution in [0.2, 0.25) is 0 Å². The van der Waals surface area contributed by atoms with Gasteiger partial charge < -0.3 is 14.4 Å². The third kappa shape index (κ3) is 2.92. The molecule has 0 N–H and O–H groups in total. The van der Waals surface area contributed by atoms with E-state index in [0.29, 0.717) is 25.4 Å². The molecule has 0 aromatic carbocycles. The van der Waals surface area contributed by atoms with E-state index >= 15 is 0 Å². The van der Waals surface area contributed by atoms with Crippen LogP contribution >= 0.6 is 11.3 Å². The Bertz CT molecular complexity index is 989. The third-order valence-corrected chi connectivity index (χ3v) is 6.94. The quantitative estimate of drug-likeness (QED) is 0.765. The number of rotatable bonds is 2. The number of pyridine rings is 1. The van der Waals surface area contributed by atoms with Gasteiger partial charge in [0.25, 0.3) is 11.5 Å². The monoisotopic (exact) mass is 403 g/mol. The summed E-state index contributed by atoms with van der Waals surface area (Å²) < 4.78 is 15.2. The maximum absolute atomic E-state index is 13.5. The lowest BCUT2D eigenvalue weighted by Gasteiger charge is -2.42. The summed E-state index contributed by atoms with van der Waals surface area (Å²) in [5.74, 6) is 0.221. The molecule has 3 atom stereocenters. The highest BCUT2D eigenvalue weighted by Gasteiger charge is 2.37. The van der Waals surface area contributed by atoms with Crippen molar-refractivity contribution in [3.05, 3.63) is 38.8 Å². The number of amides is 1. The minimum atomic E-state index is -0.987. The molecule has 0 spiro atoms. The average molecular weight is 403 g/mol. The molecule has 3 aliphatic heterocycles. The van der Waals surface area contributed by atoms with E-state index in [2.05, 4.69) is 15.1 Å². The van der Waals surface area contributed by atoms with Gasteiger partial charge in [0.2, 0.25) is 5.13 Å². The Labute approximate surface area is 165 Å². The lowest BCUT2D eigenvalue weighted by molar-refractivity contribution is 0.0779. The number of hydrogen-bond donors (Lipinski definition) is 0. The van der Waals surface area contributed by atoms with Crippen molar-refractivity contribution >= 4 is 22.4 Å². The molecule has 0 saturated carbocycles. The first-order valence-corrected chi connectivity index (χ1v) is 10.5. The van der Waals surface area contributed by atoms with Crippen molar-refractivity contribution in [3.8, 4) is 0 Å². The number of piperidine rings is 1. The van der Waals surface area contributed by atoms with Gasteiger partial charge in [-0.05, 0) is 37.8 Å². The van der Waals surface area contributed by atoms with Gasteiger partial charge in [-0.2, -0.15) is 0 Å². The van der Waals surface area contributed by atoms with Crippen molar-refractivity contribution in [1.29, 1.82) is 0 Å². The second-order valence-electron chi connectivity index (χ2n) is 8.03. The summed E-state index contributed by atoms with van der Waals surface area (Å²) in [4.78, 5) is 29.5. The van der Waals surface area contributed by atoms with E-state index in [1.165, 1.54) is 4.90 Å². The van der Waals surface area contributed by atoms with Gasteiger partial charge in [0, 0.05) is 37.8 Å². The Morgan fingerprint density at radius 2 is 2.07 bits per heavy atom. The van der Waals surface area contributed by atoms with Crippen molar-refractivity contribution in [1.82, 2.24) is 19.7 Å². The van der Waals surface area contributed by atoms with E-state index in [0.717, 1.165) is 35.3 Å². The molecular weight excluding hydrogens is 381 g/mol. The number of anilines is 1. The normalized spacial score (nSPS) is 26.4. The molecule has 5 rings (SSSR count). The SMILES string of the molecule is Cc1nnc(N2C[C@@H]3C[C@H](C2)c2ccc(C(=O)N4CC[C@H](F)C4)c(=O)n2C3)s1. The van der Waals surface area contributed by atoms with Crippen LogP contribution < -0.4 is 10.5 Å². The number of aromatic nitrogens is 3. The molecule has 2 saturated heterocycles. The van der Waals surface area contributed by atoms with Gasteiger partial charge in [-0.25, -0.2) is 4.39 Å². The number of halogens is 1. The molecule has 2 bridgehead atoms. The van der Waals surface area contributed by atoms with Crippen LogP contribution in [-0.4, -0.2) is 57.9 Å². The summed E-state index contributed by atoms with van der Waals surface area (Å²) in [6.45, 7) is 4.65. The van der Waals surface area contributed by atoms with Crippen molar-refractivity contribution in [3.63, 3.8) is 0 Å². The number of carbonyl (C=O) groups is 1. The summed E-state index contributed by atoms with van der Waals surface area (Å²) in [7, 11) is 0. The average Bonchev–Trinajstić information content (AvgIpc) is 3.30. The van der Waals surface area contributed by atoms with Gasteiger partial charge in [-0.15, -0.1) is 10.2 Å². The minimum Gasteiger partial charge on any atom is -0.346 e. The molecule has 3 aliphatic rings. The molecule has 7 nitrogen and oxygen atoms in total. The van der Waals surface area contributed by atoms with Gasteiger partial charge in [-0.1, -0.05) is 11.3 Å². The van der Waals surface area contributed by atoms with Crippen LogP contribution in [-0.2, 0) is 6.54 Å². The van der Waals surface area contributed by atoms with Crippen LogP contribution in [0.4, 0.5) is 9.52 Å². The van der Waals surface area contributed by atoms with Crippen LogP contribution in [0.5, 0.6) is 0 Å². The minimum absolute atomic E-state index is 0.0848. The molecule has 148 valence electrons. The van der Waals surface area contributed by atoms with Crippen molar-refractivity contribution < 1.29 is 9.18 Å². The number of nitrogens with zero attached hydrogens (tertiary/aromatic N) is 5. The van der Waals surface area contributed by atoms with Crippen LogP contribution in [0, 0.1) is 12.8 Å². The van der Waals surface area contributed by atoms with Crippen molar-refractivity contribution in [2.75, 3.05) is 31.1 Å².